The summed E-state index contributed by atoms with van der Waals surface area (Å²) < 4.78 is 5.57. The first-order valence-electron chi connectivity index (χ1n) is 5.94. The Labute approximate surface area is 102 Å². The highest BCUT2D eigenvalue weighted by molar-refractivity contribution is 7.09. The molecule has 0 saturated carbocycles. The van der Waals surface area contributed by atoms with Crippen LogP contribution in [0.1, 0.15) is 37.9 Å². The van der Waals surface area contributed by atoms with Crippen molar-refractivity contribution in [2.45, 2.75) is 40.3 Å². The summed E-state index contributed by atoms with van der Waals surface area (Å²) in [7, 11) is 0. The van der Waals surface area contributed by atoms with E-state index in [1.807, 2.05) is 0 Å². The second-order valence-corrected chi connectivity index (χ2v) is 5.19. The molecule has 1 N–H and O–H groups in total. The monoisotopic (exact) mass is 242 g/mol. The lowest BCUT2D eigenvalue weighted by Gasteiger charge is -2.04. The molecule has 1 aromatic rings. The minimum Gasteiger partial charge on any atom is -0.375 e. The van der Waals surface area contributed by atoms with Gasteiger partial charge in [0.25, 0.3) is 0 Å². The van der Waals surface area contributed by atoms with Gasteiger partial charge in [-0.15, -0.1) is 11.3 Å². The largest absolute Gasteiger partial charge is 0.375 e. The van der Waals surface area contributed by atoms with Crippen molar-refractivity contribution >= 4 is 11.3 Å². The summed E-state index contributed by atoms with van der Waals surface area (Å²) >= 11 is 1.70. The fraction of sp³-hybridized carbons (Fsp3) is 0.750. The Morgan fingerprint density at radius 2 is 2.31 bits per heavy atom. The van der Waals surface area contributed by atoms with Gasteiger partial charge in [0, 0.05) is 18.5 Å². The molecule has 0 amide bonds. The molecular weight excluding hydrogens is 220 g/mol. The van der Waals surface area contributed by atoms with Gasteiger partial charge < -0.3 is 10.1 Å². The maximum atomic E-state index is 5.57. The molecule has 0 unspecified atom stereocenters. The number of hydrogen-bond donors (Lipinski definition) is 1. The van der Waals surface area contributed by atoms with Crippen LogP contribution in [0, 0.1) is 5.92 Å². The van der Waals surface area contributed by atoms with Crippen LogP contribution in [0.15, 0.2) is 5.38 Å². The second-order valence-electron chi connectivity index (χ2n) is 4.25. The number of hydrogen-bond acceptors (Lipinski definition) is 4. The maximum absolute atomic E-state index is 5.57. The van der Waals surface area contributed by atoms with Crippen molar-refractivity contribution in [1.29, 1.82) is 0 Å². The van der Waals surface area contributed by atoms with Crippen LogP contribution in [0.4, 0.5) is 0 Å². The Kier molecular flexibility index (Phi) is 6.61. The molecule has 0 aromatic carbocycles. The van der Waals surface area contributed by atoms with E-state index in [2.05, 4.69) is 36.5 Å². The van der Waals surface area contributed by atoms with Crippen molar-refractivity contribution in [1.82, 2.24) is 10.3 Å². The van der Waals surface area contributed by atoms with E-state index in [9.17, 15) is 0 Å². The Balaban J connectivity index is 2.19. The van der Waals surface area contributed by atoms with Gasteiger partial charge in [-0.2, -0.15) is 0 Å². The third-order valence-corrected chi connectivity index (χ3v) is 3.11. The third-order valence-electron chi connectivity index (χ3n) is 2.22. The minimum atomic E-state index is 0.648. The van der Waals surface area contributed by atoms with Gasteiger partial charge >= 0.3 is 0 Å². The van der Waals surface area contributed by atoms with Crippen molar-refractivity contribution in [3.63, 3.8) is 0 Å². The molecule has 0 bridgehead atoms. The van der Waals surface area contributed by atoms with Gasteiger partial charge in [-0.1, -0.05) is 20.8 Å². The molecule has 0 aliphatic carbocycles. The third kappa shape index (κ3) is 5.58. The molecule has 1 rings (SSSR count). The first-order valence-corrected chi connectivity index (χ1v) is 6.82. The summed E-state index contributed by atoms with van der Waals surface area (Å²) in [4.78, 5) is 4.50. The van der Waals surface area contributed by atoms with Crippen LogP contribution in [0.5, 0.6) is 0 Å². The smallest absolute Gasteiger partial charge is 0.107 e. The Hall–Kier alpha value is -0.450. The lowest BCUT2D eigenvalue weighted by Crippen LogP contribution is -2.11. The molecule has 0 atom stereocenters. The van der Waals surface area contributed by atoms with E-state index in [0.717, 1.165) is 36.8 Å². The van der Waals surface area contributed by atoms with Gasteiger partial charge in [0.2, 0.25) is 0 Å². The van der Waals surface area contributed by atoms with E-state index in [-0.39, 0.29) is 0 Å². The van der Waals surface area contributed by atoms with E-state index in [1.165, 1.54) is 0 Å². The SMILES string of the molecule is CCNCc1nc(COCCC(C)C)cs1. The normalized spacial score (nSPS) is 11.2. The summed E-state index contributed by atoms with van der Waals surface area (Å²) in [6.07, 6.45) is 1.12. The molecule has 3 nitrogen and oxygen atoms in total. The number of nitrogens with one attached hydrogen (secondary N) is 1. The molecule has 92 valence electrons. The molecular formula is C12H22N2OS. The van der Waals surface area contributed by atoms with Gasteiger partial charge in [0.1, 0.15) is 5.01 Å². The molecule has 0 aliphatic heterocycles. The van der Waals surface area contributed by atoms with Gasteiger partial charge in [-0.25, -0.2) is 4.98 Å². The van der Waals surface area contributed by atoms with E-state index in [0.29, 0.717) is 12.5 Å². The van der Waals surface area contributed by atoms with Gasteiger partial charge in [-0.3, -0.25) is 0 Å². The van der Waals surface area contributed by atoms with Crippen LogP contribution >= 0.6 is 11.3 Å². The average molecular weight is 242 g/mol. The number of aromatic nitrogens is 1. The summed E-state index contributed by atoms with van der Waals surface area (Å²) in [6.45, 7) is 9.85. The Morgan fingerprint density at radius 3 is 3.00 bits per heavy atom. The summed E-state index contributed by atoms with van der Waals surface area (Å²) in [6, 6.07) is 0. The molecule has 0 saturated heterocycles. The molecule has 4 heteroatoms. The predicted molar refractivity (Wildman–Crippen MR) is 68.6 cm³/mol. The Bertz CT molecular complexity index is 286. The van der Waals surface area contributed by atoms with Crippen LogP contribution < -0.4 is 5.32 Å². The highest BCUT2D eigenvalue weighted by atomic mass is 32.1. The first kappa shape index (κ1) is 13.6. The molecule has 16 heavy (non-hydrogen) atoms. The number of rotatable bonds is 8. The van der Waals surface area contributed by atoms with Crippen LogP contribution in [-0.4, -0.2) is 18.1 Å². The number of thiazole rings is 1. The second kappa shape index (κ2) is 7.76. The van der Waals surface area contributed by atoms with Gasteiger partial charge in [0.05, 0.1) is 12.3 Å². The summed E-state index contributed by atoms with van der Waals surface area (Å²) in [5.41, 5.74) is 1.06. The van der Waals surface area contributed by atoms with Crippen molar-refractivity contribution in [3.05, 3.63) is 16.1 Å². The van der Waals surface area contributed by atoms with E-state index in [1.54, 1.807) is 11.3 Å². The molecule has 0 aliphatic rings. The molecule has 0 radical (unpaired) electrons. The van der Waals surface area contributed by atoms with Crippen molar-refractivity contribution in [2.24, 2.45) is 5.92 Å². The summed E-state index contributed by atoms with van der Waals surface area (Å²) in [5, 5.41) is 6.50. The average Bonchev–Trinajstić information content (AvgIpc) is 2.69. The van der Waals surface area contributed by atoms with Crippen molar-refractivity contribution in [2.75, 3.05) is 13.2 Å². The lowest BCUT2D eigenvalue weighted by atomic mass is 10.1. The molecule has 0 spiro atoms. The highest BCUT2D eigenvalue weighted by Crippen LogP contribution is 2.11. The molecule has 1 heterocycles. The quantitative estimate of drug-likeness (QED) is 0.712. The van der Waals surface area contributed by atoms with Crippen LogP contribution in [-0.2, 0) is 17.9 Å². The fourth-order valence-corrected chi connectivity index (χ4v) is 1.97. The zero-order valence-corrected chi connectivity index (χ0v) is 11.3. The first-order chi connectivity index (χ1) is 7.72. The van der Waals surface area contributed by atoms with Gasteiger partial charge in [0.15, 0.2) is 0 Å². The van der Waals surface area contributed by atoms with E-state index < -0.39 is 0 Å². The van der Waals surface area contributed by atoms with Crippen LogP contribution in [0.2, 0.25) is 0 Å². The molecule has 0 fully saturated rings. The highest BCUT2D eigenvalue weighted by Gasteiger charge is 2.01. The van der Waals surface area contributed by atoms with E-state index in [4.69, 9.17) is 4.74 Å². The maximum Gasteiger partial charge on any atom is 0.107 e. The van der Waals surface area contributed by atoms with Crippen LogP contribution in [0.3, 0.4) is 0 Å². The zero-order chi connectivity index (χ0) is 11.8. The van der Waals surface area contributed by atoms with E-state index >= 15 is 0 Å². The van der Waals surface area contributed by atoms with Crippen molar-refractivity contribution < 1.29 is 4.74 Å². The standard InChI is InChI=1S/C12H22N2OS/c1-4-13-7-12-14-11(9-16-12)8-15-6-5-10(2)3/h9-10,13H,4-8H2,1-3H3. The number of ether oxygens (including phenoxy) is 1. The fourth-order valence-electron chi connectivity index (χ4n) is 1.22. The summed E-state index contributed by atoms with van der Waals surface area (Å²) in [5.74, 6) is 0.708. The lowest BCUT2D eigenvalue weighted by molar-refractivity contribution is 0.108. The molecule has 1 aromatic heterocycles. The Morgan fingerprint density at radius 1 is 1.50 bits per heavy atom. The predicted octanol–water partition coefficient (Wildman–Crippen LogP) is 2.82. The van der Waals surface area contributed by atoms with Gasteiger partial charge in [-0.05, 0) is 18.9 Å². The number of nitrogens with zero attached hydrogens (tertiary/aromatic N) is 1. The minimum absolute atomic E-state index is 0.648. The topological polar surface area (TPSA) is 34.2 Å². The zero-order valence-electron chi connectivity index (χ0n) is 10.5. The van der Waals surface area contributed by atoms with Crippen molar-refractivity contribution in [3.8, 4) is 0 Å². The van der Waals surface area contributed by atoms with Crippen LogP contribution in [0.25, 0.3) is 0 Å².